The van der Waals surface area contributed by atoms with E-state index in [1.165, 1.54) is 5.56 Å². The van der Waals surface area contributed by atoms with Crippen molar-refractivity contribution in [2.24, 2.45) is 0 Å². The van der Waals surface area contributed by atoms with Crippen molar-refractivity contribution in [3.05, 3.63) is 35.4 Å². The van der Waals surface area contributed by atoms with Crippen LogP contribution in [0.1, 0.15) is 11.1 Å². The van der Waals surface area contributed by atoms with Crippen molar-refractivity contribution in [1.29, 1.82) is 0 Å². The summed E-state index contributed by atoms with van der Waals surface area (Å²) >= 11 is 0. The number of nitrogens with zero attached hydrogens (tertiary/aromatic N) is 1. The van der Waals surface area contributed by atoms with Crippen LogP contribution in [0.4, 0.5) is 8.78 Å². The average Bonchev–Trinajstić information content (AvgIpc) is 2.32. The first kappa shape index (κ1) is 12.5. The first-order valence-electron chi connectivity index (χ1n) is 6.03. The maximum Gasteiger partial charge on any atom is 0.242 e. The molecule has 4 heteroatoms. The van der Waals surface area contributed by atoms with E-state index in [-0.39, 0.29) is 6.42 Å². The molecule has 0 atom stereocenters. The Hall–Kier alpha value is -1.00. The molecule has 1 aliphatic heterocycles. The first-order valence-corrected chi connectivity index (χ1v) is 6.03. The van der Waals surface area contributed by atoms with E-state index < -0.39 is 6.43 Å². The van der Waals surface area contributed by atoms with Gasteiger partial charge in [0.1, 0.15) is 0 Å². The molecule has 1 N–H and O–H groups in total. The lowest BCUT2D eigenvalue weighted by Crippen LogP contribution is -2.42. The fourth-order valence-electron chi connectivity index (χ4n) is 2.09. The SMILES string of the molecule is FC(F)Cc1ccc(CN2CCNCC2)cc1. The van der Waals surface area contributed by atoms with Crippen molar-refractivity contribution in [1.82, 2.24) is 10.2 Å². The van der Waals surface area contributed by atoms with Crippen LogP contribution in [0.3, 0.4) is 0 Å². The molecule has 1 aliphatic rings. The van der Waals surface area contributed by atoms with Crippen LogP contribution in [0.25, 0.3) is 0 Å². The highest BCUT2D eigenvalue weighted by Crippen LogP contribution is 2.11. The van der Waals surface area contributed by atoms with Gasteiger partial charge in [0, 0.05) is 39.1 Å². The topological polar surface area (TPSA) is 15.3 Å². The molecule has 1 fully saturated rings. The molecule has 94 valence electrons. The second-order valence-corrected chi connectivity index (χ2v) is 4.44. The Kier molecular flexibility index (Phi) is 4.45. The van der Waals surface area contributed by atoms with E-state index in [4.69, 9.17) is 0 Å². The summed E-state index contributed by atoms with van der Waals surface area (Å²) in [6.07, 6.45) is -2.40. The Morgan fingerprint density at radius 1 is 1.06 bits per heavy atom. The predicted octanol–water partition coefficient (Wildman–Crippen LogP) is 1.90. The molecule has 1 saturated heterocycles. The molecule has 0 unspecified atom stereocenters. The summed E-state index contributed by atoms with van der Waals surface area (Å²) in [6.45, 7) is 5.08. The van der Waals surface area contributed by atoms with Gasteiger partial charge in [0.15, 0.2) is 0 Å². The van der Waals surface area contributed by atoms with Crippen molar-refractivity contribution < 1.29 is 8.78 Å². The molecule has 1 aromatic rings. The maximum absolute atomic E-state index is 12.2. The van der Waals surface area contributed by atoms with Gasteiger partial charge in [-0.2, -0.15) is 0 Å². The van der Waals surface area contributed by atoms with Crippen LogP contribution in [0.5, 0.6) is 0 Å². The Morgan fingerprint density at radius 3 is 2.24 bits per heavy atom. The van der Waals surface area contributed by atoms with Crippen LogP contribution in [-0.4, -0.2) is 37.5 Å². The van der Waals surface area contributed by atoms with E-state index in [1.54, 1.807) is 0 Å². The van der Waals surface area contributed by atoms with Gasteiger partial charge in [-0.3, -0.25) is 4.90 Å². The number of halogens is 2. The van der Waals surface area contributed by atoms with Crippen LogP contribution < -0.4 is 5.32 Å². The lowest BCUT2D eigenvalue weighted by atomic mass is 10.1. The molecule has 0 aliphatic carbocycles. The van der Waals surface area contributed by atoms with E-state index in [1.807, 2.05) is 24.3 Å². The number of alkyl halides is 2. The molecule has 2 rings (SSSR count). The minimum atomic E-state index is -2.26. The highest BCUT2D eigenvalue weighted by atomic mass is 19.3. The zero-order valence-corrected chi connectivity index (χ0v) is 9.83. The summed E-state index contributed by atoms with van der Waals surface area (Å²) in [6, 6.07) is 7.53. The van der Waals surface area contributed by atoms with E-state index in [2.05, 4.69) is 10.2 Å². The zero-order chi connectivity index (χ0) is 12.1. The van der Waals surface area contributed by atoms with E-state index in [0.717, 1.165) is 32.7 Å². The number of benzene rings is 1. The second-order valence-electron chi connectivity index (χ2n) is 4.44. The van der Waals surface area contributed by atoms with Crippen molar-refractivity contribution in [3.8, 4) is 0 Å². The molecule has 1 aromatic carbocycles. The van der Waals surface area contributed by atoms with Crippen molar-refractivity contribution in [3.63, 3.8) is 0 Å². The van der Waals surface area contributed by atoms with Crippen molar-refractivity contribution in [2.45, 2.75) is 19.4 Å². The first-order chi connectivity index (χ1) is 8.24. The fraction of sp³-hybridized carbons (Fsp3) is 0.538. The molecule has 1 heterocycles. The largest absolute Gasteiger partial charge is 0.314 e. The second kappa shape index (κ2) is 6.07. The lowest BCUT2D eigenvalue weighted by molar-refractivity contribution is 0.149. The molecule has 0 amide bonds. The number of rotatable bonds is 4. The minimum absolute atomic E-state index is 0.145. The minimum Gasteiger partial charge on any atom is -0.314 e. The Morgan fingerprint density at radius 2 is 1.65 bits per heavy atom. The predicted molar refractivity (Wildman–Crippen MR) is 64.3 cm³/mol. The van der Waals surface area contributed by atoms with Crippen LogP contribution in [-0.2, 0) is 13.0 Å². The van der Waals surface area contributed by atoms with Gasteiger partial charge in [-0.15, -0.1) is 0 Å². The quantitative estimate of drug-likeness (QED) is 0.864. The van der Waals surface area contributed by atoms with Crippen LogP contribution in [0.15, 0.2) is 24.3 Å². The molecular weight excluding hydrogens is 222 g/mol. The Balaban J connectivity index is 1.88. The van der Waals surface area contributed by atoms with Gasteiger partial charge in [0.25, 0.3) is 0 Å². The Bertz CT molecular complexity index is 332. The average molecular weight is 240 g/mol. The normalized spacial score (nSPS) is 17.6. The molecule has 0 bridgehead atoms. The standard InChI is InChI=1S/C13H18F2N2/c14-13(15)9-11-1-3-12(4-2-11)10-17-7-5-16-6-8-17/h1-4,13,16H,5-10H2. The highest BCUT2D eigenvalue weighted by molar-refractivity contribution is 5.22. The summed E-state index contributed by atoms with van der Waals surface area (Å²) in [5.41, 5.74) is 1.91. The lowest BCUT2D eigenvalue weighted by Gasteiger charge is -2.27. The summed E-state index contributed by atoms with van der Waals surface area (Å²) in [4.78, 5) is 2.37. The summed E-state index contributed by atoms with van der Waals surface area (Å²) < 4.78 is 24.4. The van der Waals surface area contributed by atoms with Crippen molar-refractivity contribution >= 4 is 0 Å². The maximum atomic E-state index is 12.2. The van der Waals surface area contributed by atoms with Crippen LogP contribution in [0, 0.1) is 0 Å². The summed E-state index contributed by atoms with van der Waals surface area (Å²) in [7, 11) is 0. The number of nitrogens with one attached hydrogen (secondary N) is 1. The van der Waals surface area contributed by atoms with Gasteiger partial charge in [-0.1, -0.05) is 24.3 Å². The molecule has 2 nitrogen and oxygen atoms in total. The summed E-state index contributed by atoms with van der Waals surface area (Å²) in [5.74, 6) is 0. The van der Waals surface area contributed by atoms with E-state index in [9.17, 15) is 8.78 Å². The number of hydrogen-bond donors (Lipinski definition) is 1. The fourth-order valence-corrected chi connectivity index (χ4v) is 2.09. The number of hydrogen-bond acceptors (Lipinski definition) is 2. The molecule has 0 saturated carbocycles. The van der Waals surface area contributed by atoms with E-state index in [0.29, 0.717) is 5.56 Å². The number of piperazine rings is 1. The Labute approximate surface area is 101 Å². The molecular formula is C13H18F2N2. The monoisotopic (exact) mass is 240 g/mol. The van der Waals surface area contributed by atoms with Gasteiger partial charge in [0.2, 0.25) is 6.43 Å². The van der Waals surface area contributed by atoms with E-state index >= 15 is 0 Å². The smallest absolute Gasteiger partial charge is 0.242 e. The zero-order valence-electron chi connectivity index (χ0n) is 9.83. The molecule has 0 radical (unpaired) electrons. The third-order valence-corrected chi connectivity index (χ3v) is 3.03. The van der Waals surface area contributed by atoms with Gasteiger partial charge in [-0.25, -0.2) is 8.78 Å². The molecule has 17 heavy (non-hydrogen) atoms. The van der Waals surface area contributed by atoms with Gasteiger partial charge >= 0.3 is 0 Å². The van der Waals surface area contributed by atoms with Gasteiger partial charge in [0.05, 0.1) is 0 Å². The van der Waals surface area contributed by atoms with Crippen molar-refractivity contribution in [2.75, 3.05) is 26.2 Å². The third kappa shape index (κ3) is 4.06. The summed E-state index contributed by atoms with van der Waals surface area (Å²) in [5, 5.41) is 3.31. The third-order valence-electron chi connectivity index (χ3n) is 3.03. The van der Waals surface area contributed by atoms with Gasteiger partial charge < -0.3 is 5.32 Å². The molecule has 0 spiro atoms. The highest BCUT2D eigenvalue weighted by Gasteiger charge is 2.10. The van der Waals surface area contributed by atoms with Gasteiger partial charge in [-0.05, 0) is 11.1 Å². The molecule has 0 aromatic heterocycles. The van der Waals surface area contributed by atoms with Crippen LogP contribution >= 0.6 is 0 Å². The van der Waals surface area contributed by atoms with Crippen LogP contribution in [0.2, 0.25) is 0 Å².